The maximum Gasteiger partial charge on any atom is 0.119 e. The Morgan fingerprint density at radius 3 is 1.29 bits per heavy atom. The van der Waals surface area contributed by atoms with E-state index in [1.54, 1.807) is 0 Å². The number of ether oxygens (including phenoxy) is 2. The molecule has 0 saturated carbocycles. The van der Waals surface area contributed by atoms with Crippen molar-refractivity contribution in [2.45, 2.75) is 45.6 Å². The molecular formula is C21H29NO2. The molecule has 0 amide bonds. The molecule has 0 aliphatic heterocycles. The average Bonchev–Trinajstić information content (AvgIpc) is 2.58. The molecule has 0 spiro atoms. The van der Waals surface area contributed by atoms with E-state index in [1.165, 1.54) is 11.1 Å². The molecule has 3 heteroatoms. The van der Waals surface area contributed by atoms with Crippen molar-refractivity contribution >= 4 is 0 Å². The van der Waals surface area contributed by atoms with Gasteiger partial charge in [-0.2, -0.15) is 0 Å². The summed E-state index contributed by atoms with van der Waals surface area (Å²) in [5.74, 6) is 2.74. The van der Waals surface area contributed by atoms with E-state index in [4.69, 9.17) is 15.2 Å². The van der Waals surface area contributed by atoms with E-state index in [-0.39, 0.29) is 6.04 Å². The molecule has 0 aliphatic carbocycles. The molecule has 0 heterocycles. The molecule has 2 N–H and O–H groups in total. The van der Waals surface area contributed by atoms with Gasteiger partial charge in [0.25, 0.3) is 0 Å². The van der Waals surface area contributed by atoms with Gasteiger partial charge in [0.15, 0.2) is 0 Å². The Labute approximate surface area is 145 Å². The van der Waals surface area contributed by atoms with Crippen LogP contribution in [0.5, 0.6) is 11.5 Å². The van der Waals surface area contributed by atoms with Gasteiger partial charge in [-0.1, -0.05) is 52.0 Å². The second kappa shape index (κ2) is 8.74. The third-order valence-electron chi connectivity index (χ3n) is 4.02. The van der Waals surface area contributed by atoms with Gasteiger partial charge in [-0.05, 0) is 47.2 Å². The summed E-state index contributed by atoms with van der Waals surface area (Å²) in [7, 11) is 0. The Morgan fingerprint density at radius 2 is 1.00 bits per heavy atom. The number of nitrogens with two attached hydrogens (primary N) is 1. The second-order valence-corrected chi connectivity index (χ2v) is 6.83. The van der Waals surface area contributed by atoms with Crippen molar-refractivity contribution in [3.8, 4) is 11.5 Å². The van der Waals surface area contributed by atoms with Gasteiger partial charge in [0.2, 0.25) is 0 Å². The third-order valence-corrected chi connectivity index (χ3v) is 4.02. The van der Waals surface area contributed by atoms with Crippen LogP contribution in [0.25, 0.3) is 0 Å². The van der Waals surface area contributed by atoms with E-state index in [0.717, 1.165) is 11.5 Å². The van der Waals surface area contributed by atoms with Gasteiger partial charge in [0, 0.05) is 0 Å². The lowest BCUT2D eigenvalue weighted by Crippen LogP contribution is -2.34. The lowest BCUT2D eigenvalue weighted by atomic mass is 10.0. The molecule has 2 aromatic carbocycles. The Kier molecular flexibility index (Phi) is 6.68. The van der Waals surface area contributed by atoms with Crippen LogP contribution in [0.3, 0.4) is 0 Å². The first-order valence-electron chi connectivity index (χ1n) is 8.66. The smallest absolute Gasteiger partial charge is 0.119 e. The second-order valence-electron chi connectivity index (χ2n) is 6.83. The van der Waals surface area contributed by atoms with Crippen LogP contribution in [-0.2, 0) is 0 Å². The summed E-state index contributed by atoms with van der Waals surface area (Å²) in [6, 6.07) is 16.2. The zero-order chi connectivity index (χ0) is 17.5. The van der Waals surface area contributed by atoms with Gasteiger partial charge in [0.1, 0.15) is 24.7 Å². The summed E-state index contributed by atoms with van der Waals surface area (Å²) in [5, 5.41) is 0. The van der Waals surface area contributed by atoms with E-state index < -0.39 is 0 Å². The summed E-state index contributed by atoms with van der Waals surface area (Å²) in [4.78, 5) is 0. The number of hydrogen-bond acceptors (Lipinski definition) is 3. The molecule has 0 fully saturated rings. The van der Waals surface area contributed by atoms with Crippen LogP contribution >= 0.6 is 0 Å². The minimum absolute atomic E-state index is 0.167. The fraction of sp³-hybridized carbons (Fsp3) is 0.429. The molecule has 0 saturated heterocycles. The highest BCUT2D eigenvalue weighted by Crippen LogP contribution is 2.20. The van der Waals surface area contributed by atoms with E-state index in [0.29, 0.717) is 25.0 Å². The summed E-state index contributed by atoms with van der Waals surface area (Å²) in [5.41, 5.74) is 8.69. The third kappa shape index (κ3) is 5.57. The Morgan fingerprint density at radius 1 is 0.667 bits per heavy atom. The van der Waals surface area contributed by atoms with Crippen molar-refractivity contribution < 1.29 is 9.47 Å². The highest BCUT2D eigenvalue weighted by molar-refractivity contribution is 5.29. The first-order valence-corrected chi connectivity index (χ1v) is 8.66. The van der Waals surface area contributed by atoms with Crippen molar-refractivity contribution in [2.24, 2.45) is 5.73 Å². The number of hydrogen-bond donors (Lipinski definition) is 1. The van der Waals surface area contributed by atoms with E-state index in [1.807, 2.05) is 24.3 Å². The van der Waals surface area contributed by atoms with Gasteiger partial charge in [-0.3, -0.25) is 0 Å². The number of benzene rings is 2. The van der Waals surface area contributed by atoms with Gasteiger partial charge in [-0.15, -0.1) is 0 Å². The molecule has 130 valence electrons. The topological polar surface area (TPSA) is 44.5 Å². The lowest BCUT2D eigenvalue weighted by molar-refractivity contribution is 0.220. The highest BCUT2D eigenvalue weighted by Gasteiger charge is 2.07. The number of rotatable bonds is 8. The molecule has 0 aromatic heterocycles. The summed E-state index contributed by atoms with van der Waals surface area (Å²) < 4.78 is 11.5. The standard InChI is InChI=1S/C21H29NO2/c1-15(2)17-5-9-20(10-6-17)23-13-19(22)14-24-21-11-7-18(8-12-21)16(3)4/h5-12,15-16,19H,13-14,22H2,1-4H3. The SMILES string of the molecule is CC(C)c1ccc(OCC(N)COc2ccc(C(C)C)cc2)cc1. The van der Waals surface area contributed by atoms with Crippen molar-refractivity contribution in [1.82, 2.24) is 0 Å². The summed E-state index contributed by atoms with van der Waals surface area (Å²) >= 11 is 0. The zero-order valence-corrected chi connectivity index (χ0v) is 15.2. The van der Waals surface area contributed by atoms with Crippen LogP contribution in [-0.4, -0.2) is 19.3 Å². The Hall–Kier alpha value is -2.00. The van der Waals surface area contributed by atoms with Gasteiger partial charge >= 0.3 is 0 Å². The van der Waals surface area contributed by atoms with E-state index in [9.17, 15) is 0 Å². The maximum atomic E-state index is 6.08. The van der Waals surface area contributed by atoms with Gasteiger partial charge in [0.05, 0.1) is 6.04 Å². The summed E-state index contributed by atoms with van der Waals surface area (Å²) in [6.45, 7) is 9.58. The molecule has 3 nitrogen and oxygen atoms in total. The van der Waals surface area contributed by atoms with E-state index in [2.05, 4.69) is 52.0 Å². The van der Waals surface area contributed by atoms with E-state index >= 15 is 0 Å². The zero-order valence-electron chi connectivity index (χ0n) is 15.2. The Bertz CT molecular complexity index is 547. The molecule has 2 rings (SSSR count). The van der Waals surface area contributed by atoms with Crippen LogP contribution < -0.4 is 15.2 Å². The van der Waals surface area contributed by atoms with Crippen LogP contribution in [0.1, 0.15) is 50.7 Å². The fourth-order valence-corrected chi connectivity index (χ4v) is 2.35. The first kappa shape index (κ1) is 18.3. The van der Waals surface area contributed by atoms with Gasteiger partial charge in [-0.25, -0.2) is 0 Å². The van der Waals surface area contributed by atoms with Crippen LogP contribution in [0.4, 0.5) is 0 Å². The molecule has 24 heavy (non-hydrogen) atoms. The molecule has 0 aliphatic rings. The maximum absolute atomic E-state index is 6.08. The van der Waals surface area contributed by atoms with Crippen molar-refractivity contribution in [1.29, 1.82) is 0 Å². The predicted octanol–water partition coefficient (Wildman–Crippen LogP) is 4.72. The Balaban J connectivity index is 1.75. The fourth-order valence-electron chi connectivity index (χ4n) is 2.35. The molecule has 2 aromatic rings. The van der Waals surface area contributed by atoms with Crippen LogP contribution in [0, 0.1) is 0 Å². The average molecular weight is 327 g/mol. The molecular weight excluding hydrogens is 298 g/mol. The first-order chi connectivity index (χ1) is 11.5. The van der Waals surface area contributed by atoms with Gasteiger partial charge < -0.3 is 15.2 Å². The minimum Gasteiger partial charge on any atom is -0.492 e. The largest absolute Gasteiger partial charge is 0.492 e. The van der Waals surface area contributed by atoms with Crippen LogP contribution in [0.2, 0.25) is 0 Å². The summed E-state index contributed by atoms with van der Waals surface area (Å²) in [6.07, 6.45) is 0. The normalized spacial score (nSPS) is 11.3. The minimum atomic E-state index is -0.167. The monoisotopic (exact) mass is 327 g/mol. The lowest BCUT2D eigenvalue weighted by Gasteiger charge is -2.15. The molecule has 0 radical (unpaired) electrons. The predicted molar refractivity (Wildman–Crippen MR) is 100 cm³/mol. The highest BCUT2D eigenvalue weighted by atomic mass is 16.5. The van der Waals surface area contributed by atoms with Crippen LogP contribution in [0.15, 0.2) is 48.5 Å². The molecule has 0 atom stereocenters. The molecule has 0 bridgehead atoms. The quantitative estimate of drug-likeness (QED) is 0.763. The van der Waals surface area contributed by atoms with Crippen molar-refractivity contribution in [3.05, 3.63) is 59.7 Å². The molecule has 0 unspecified atom stereocenters. The van der Waals surface area contributed by atoms with Crippen molar-refractivity contribution in [2.75, 3.05) is 13.2 Å². The van der Waals surface area contributed by atoms with Crippen molar-refractivity contribution in [3.63, 3.8) is 0 Å².